The number of hydrogen-bond acceptors (Lipinski definition) is 1. The second-order valence-corrected chi connectivity index (χ2v) is 2.94. The number of hydrogen-bond donors (Lipinski definition) is 0. The smallest absolute Gasteiger partial charge is 0.0662 e. The summed E-state index contributed by atoms with van der Waals surface area (Å²) in [6.45, 7) is 0. The molecule has 1 heteroatoms. The molecule has 0 N–H and O–H groups in total. The van der Waals surface area contributed by atoms with E-state index in [0.717, 1.165) is 5.92 Å². The van der Waals surface area contributed by atoms with E-state index in [2.05, 4.69) is 16.9 Å². The molecule has 2 unspecified atom stereocenters. The summed E-state index contributed by atoms with van der Waals surface area (Å²) in [7, 11) is 0. The van der Waals surface area contributed by atoms with Crippen molar-refractivity contribution < 1.29 is 0 Å². The maximum Gasteiger partial charge on any atom is 0.0662 e. The lowest BCUT2D eigenvalue weighted by atomic mass is 9.86. The van der Waals surface area contributed by atoms with Crippen LogP contribution >= 0.6 is 0 Å². The Morgan fingerprint density at radius 1 is 1.33 bits per heavy atom. The van der Waals surface area contributed by atoms with Gasteiger partial charge in [0.1, 0.15) is 0 Å². The molecule has 1 saturated carbocycles. The molecule has 0 spiro atoms. The van der Waals surface area contributed by atoms with Gasteiger partial charge in [-0.05, 0) is 24.8 Å². The molecular weight excluding hydrogens is 110 g/mol. The Morgan fingerprint density at radius 3 is 3.11 bits per heavy atom. The highest BCUT2D eigenvalue weighted by molar-refractivity contribution is 5.55. The third kappa shape index (κ3) is 0.818. The van der Waals surface area contributed by atoms with Crippen LogP contribution in [0.15, 0.2) is 11.1 Å². The lowest BCUT2D eigenvalue weighted by Crippen LogP contribution is -2.17. The van der Waals surface area contributed by atoms with Gasteiger partial charge in [-0.2, -0.15) is 0 Å². The Hall–Kier alpha value is -0.550. The number of aliphatic imine (C=N–C) groups is 1. The molecule has 1 aliphatic carbocycles. The summed E-state index contributed by atoms with van der Waals surface area (Å²) in [6.07, 6.45) is 7.56. The van der Waals surface area contributed by atoms with Crippen LogP contribution in [-0.4, -0.2) is 11.9 Å². The standard InChI is InChI=1S/C8H11N/c1-2-4-8-7(3-1)5-6-9-8/h5,7-8H,1-4H2. The van der Waals surface area contributed by atoms with Gasteiger partial charge in [0.2, 0.25) is 0 Å². The van der Waals surface area contributed by atoms with Crippen molar-refractivity contribution in [1.82, 2.24) is 0 Å². The normalized spacial score (nSPS) is 39.1. The molecule has 0 amide bonds. The van der Waals surface area contributed by atoms with Crippen LogP contribution in [0.2, 0.25) is 0 Å². The van der Waals surface area contributed by atoms with Gasteiger partial charge in [0.05, 0.1) is 6.04 Å². The van der Waals surface area contributed by atoms with Crippen molar-refractivity contribution in [3.63, 3.8) is 0 Å². The lowest BCUT2D eigenvalue weighted by molar-refractivity contribution is 0.374. The Balaban J connectivity index is 2.09. The first-order valence-corrected chi connectivity index (χ1v) is 3.75. The Labute approximate surface area is 55.5 Å². The van der Waals surface area contributed by atoms with Gasteiger partial charge in [-0.25, -0.2) is 4.99 Å². The van der Waals surface area contributed by atoms with Crippen LogP contribution < -0.4 is 0 Å². The maximum absolute atomic E-state index is 4.25. The Kier molecular flexibility index (Phi) is 1.17. The van der Waals surface area contributed by atoms with E-state index in [9.17, 15) is 0 Å². The molecule has 1 fully saturated rings. The minimum Gasteiger partial charge on any atom is -0.239 e. The van der Waals surface area contributed by atoms with Gasteiger partial charge >= 0.3 is 0 Å². The monoisotopic (exact) mass is 121 g/mol. The summed E-state index contributed by atoms with van der Waals surface area (Å²) in [4.78, 5) is 4.25. The van der Waals surface area contributed by atoms with Gasteiger partial charge in [-0.1, -0.05) is 12.8 Å². The summed E-state index contributed by atoms with van der Waals surface area (Å²) in [5.74, 6) is 3.73. The van der Waals surface area contributed by atoms with E-state index >= 15 is 0 Å². The zero-order chi connectivity index (χ0) is 6.10. The van der Waals surface area contributed by atoms with Crippen LogP contribution in [0.5, 0.6) is 0 Å². The van der Waals surface area contributed by atoms with E-state index in [1.165, 1.54) is 25.7 Å². The highest BCUT2D eigenvalue weighted by Gasteiger charge is 2.24. The summed E-state index contributed by atoms with van der Waals surface area (Å²) in [5.41, 5.74) is 0. The molecule has 2 atom stereocenters. The SMILES string of the molecule is C1=CC2CCCCC2N=1. The lowest BCUT2D eigenvalue weighted by Gasteiger charge is -2.21. The van der Waals surface area contributed by atoms with E-state index in [4.69, 9.17) is 0 Å². The quantitative estimate of drug-likeness (QED) is 0.463. The first-order chi connectivity index (χ1) is 4.47. The molecule has 1 heterocycles. The third-order valence-electron chi connectivity index (χ3n) is 2.31. The van der Waals surface area contributed by atoms with Crippen molar-refractivity contribution in [1.29, 1.82) is 0 Å². The molecule has 0 aromatic heterocycles. The molecule has 1 nitrogen and oxygen atoms in total. The number of rotatable bonds is 0. The topological polar surface area (TPSA) is 12.4 Å². The highest BCUT2D eigenvalue weighted by atomic mass is 14.8. The minimum atomic E-state index is 0.624. The van der Waals surface area contributed by atoms with Crippen LogP contribution in [0.3, 0.4) is 0 Å². The summed E-state index contributed by atoms with van der Waals surface area (Å²) in [5, 5.41) is 0. The van der Waals surface area contributed by atoms with E-state index in [1.54, 1.807) is 0 Å². The molecule has 0 radical (unpaired) electrons. The number of fused-ring (bicyclic) bond motifs is 1. The van der Waals surface area contributed by atoms with Gasteiger partial charge < -0.3 is 0 Å². The molecule has 0 bridgehead atoms. The molecule has 0 aromatic rings. The van der Waals surface area contributed by atoms with Gasteiger partial charge in [0.25, 0.3) is 0 Å². The second kappa shape index (κ2) is 2.00. The molecule has 1 aliphatic heterocycles. The van der Waals surface area contributed by atoms with E-state index in [-0.39, 0.29) is 0 Å². The predicted octanol–water partition coefficient (Wildman–Crippen LogP) is 1.78. The van der Waals surface area contributed by atoms with E-state index in [1.807, 2.05) is 0 Å². The average molecular weight is 121 g/mol. The molecule has 9 heavy (non-hydrogen) atoms. The molecule has 0 aromatic carbocycles. The fourth-order valence-corrected chi connectivity index (χ4v) is 1.73. The van der Waals surface area contributed by atoms with Crippen LogP contribution in [0.1, 0.15) is 25.7 Å². The van der Waals surface area contributed by atoms with Gasteiger partial charge in [0, 0.05) is 5.92 Å². The van der Waals surface area contributed by atoms with Crippen LogP contribution in [-0.2, 0) is 0 Å². The molecule has 2 rings (SSSR count). The third-order valence-corrected chi connectivity index (χ3v) is 2.31. The summed E-state index contributed by atoms with van der Waals surface area (Å²) < 4.78 is 0. The maximum atomic E-state index is 4.25. The van der Waals surface area contributed by atoms with E-state index < -0.39 is 0 Å². The summed E-state index contributed by atoms with van der Waals surface area (Å²) in [6, 6.07) is 0.624. The van der Waals surface area contributed by atoms with Gasteiger partial charge in [-0.3, -0.25) is 0 Å². The average Bonchev–Trinajstić information content (AvgIpc) is 2.33. The van der Waals surface area contributed by atoms with E-state index in [0.29, 0.717) is 6.04 Å². The fraction of sp³-hybridized carbons (Fsp3) is 0.750. The first-order valence-electron chi connectivity index (χ1n) is 3.75. The van der Waals surface area contributed by atoms with Crippen molar-refractivity contribution in [2.75, 3.05) is 0 Å². The predicted molar refractivity (Wildman–Crippen MR) is 37.8 cm³/mol. The first kappa shape index (κ1) is 5.25. The second-order valence-electron chi connectivity index (χ2n) is 2.94. The summed E-state index contributed by atoms with van der Waals surface area (Å²) >= 11 is 0. The molecule has 0 saturated heterocycles. The van der Waals surface area contributed by atoms with Crippen LogP contribution in [0.25, 0.3) is 0 Å². The van der Waals surface area contributed by atoms with Crippen molar-refractivity contribution in [2.24, 2.45) is 10.9 Å². The van der Waals surface area contributed by atoms with Crippen molar-refractivity contribution in [3.8, 4) is 0 Å². The van der Waals surface area contributed by atoms with Crippen molar-refractivity contribution in [2.45, 2.75) is 31.7 Å². The fourth-order valence-electron chi connectivity index (χ4n) is 1.73. The van der Waals surface area contributed by atoms with Crippen molar-refractivity contribution in [3.05, 3.63) is 6.08 Å². The Morgan fingerprint density at radius 2 is 2.22 bits per heavy atom. The zero-order valence-corrected chi connectivity index (χ0v) is 5.51. The minimum absolute atomic E-state index is 0.624. The van der Waals surface area contributed by atoms with Crippen LogP contribution in [0.4, 0.5) is 0 Å². The highest BCUT2D eigenvalue weighted by Crippen LogP contribution is 2.28. The number of nitrogens with zero attached hydrogens (tertiary/aromatic N) is 1. The molecule has 2 aliphatic rings. The van der Waals surface area contributed by atoms with Crippen LogP contribution in [0, 0.1) is 5.92 Å². The molecular formula is C8H11N. The zero-order valence-electron chi connectivity index (χ0n) is 5.51. The Bertz CT molecular complexity index is 149. The molecule has 48 valence electrons. The van der Waals surface area contributed by atoms with Crippen molar-refractivity contribution >= 4 is 5.87 Å². The largest absolute Gasteiger partial charge is 0.239 e. The van der Waals surface area contributed by atoms with Gasteiger partial charge in [-0.15, -0.1) is 0 Å². The van der Waals surface area contributed by atoms with Gasteiger partial charge in [0.15, 0.2) is 0 Å².